The Kier molecular flexibility index (Phi) is 6.65. The van der Waals surface area contributed by atoms with Gasteiger partial charge in [0.05, 0.1) is 16.8 Å². The molecule has 0 saturated carbocycles. The van der Waals surface area contributed by atoms with Crippen LogP contribution in [0.1, 0.15) is 49.1 Å². The molecular weight excluding hydrogens is 433 g/mol. The van der Waals surface area contributed by atoms with Crippen molar-refractivity contribution in [2.45, 2.75) is 50.8 Å². The fraction of sp³-hybridized carbons (Fsp3) is 0.522. The number of ether oxygens (including phenoxy) is 1. The molecule has 0 radical (unpaired) electrons. The fourth-order valence-electron chi connectivity index (χ4n) is 4.83. The lowest BCUT2D eigenvalue weighted by atomic mass is 10.0. The first-order chi connectivity index (χ1) is 15.3. The molecule has 4 rings (SSSR count). The highest BCUT2D eigenvalue weighted by atomic mass is 35.5. The van der Waals surface area contributed by atoms with E-state index in [0.29, 0.717) is 31.1 Å². The van der Waals surface area contributed by atoms with Gasteiger partial charge in [-0.3, -0.25) is 4.79 Å². The van der Waals surface area contributed by atoms with E-state index in [0.717, 1.165) is 23.5 Å². The van der Waals surface area contributed by atoms with Crippen LogP contribution in [0.2, 0.25) is 5.02 Å². The van der Waals surface area contributed by atoms with Crippen molar-refractivity contribution in [3.63, 3.8) is 0 Å². The summed E-state index contributed by atoms with van der Waals surface area (Å²) in [6.07, 6.45) is 2.75. The van der Waals surface area contributed by atoms with Gasteiger partial charge in [-0.2, -0.15) is 0 Å². The van der Waals surface area contributed by atoms with Gasteiger partial charge in [0.15, 0.2) is 0 Å². The van der Waals surface area contributed by atoms with Gasteiger partial charge in [-0.1, -0.05) is 24.6 Å². The Morgan fingerprint density at radius 2 is 2.12 bits per heavy atom. The van der Waals surface area contributed by atoms with E-state index in [9.17, 15) is 9.18 Å². The third-order valence-corrected chi connectivity index (χ3v) is 6.82. The van der Waals surface area contributed by atoms with Crippen LogP contribution < -0.4 is 10.6 Å². The van der Waals surface area contributed by atoms with Gasteiger partial charge < -0.3 is 20.3 Å². The minimum absolute atomic E-state index is 0.00405. The van der Waals surface area contributed by atoms with E-state index in [1.807, 2.05) is 0 Å². The maximum absolute atomic E-state index is 13.7. The molecule has 1 amide bonds. The monoisotopic (exact) mass is 461 g/mol. The average Bonchev–Trinajstić information content (AvgIpc) is 3.11. The number of piperazine rings is 1. The van der Waals surface area contributed by atoms with Crippen LogP contribution in [0.15, 0.2) is 24.5 Å². The third kappa shape index (κ3) is 4.31. The van der Waals surface area contributed by atoms with Crippen molar-refractivity contribution in [2.24, 2.45) is 5.73 Å². The number of halogens is 2. The summed E-state index contributed by atoms with van der Waals surface area (Å²) in [7, 11) is 1.71. The summed E-state index contributed by atoms with van der Waals surface area (Å²) in [4.78, 5) is 26.1. The number of carbonyl (C=O) groups excluding carboxylic acids is 1. The normalized spacial score (nSPS) is 23.9. The number of hydrogen-bond donors (Lipinski definition) is 1. The Labute approximate surface area is 192 Å². The van der Waals surface area contributed by atoms with Crippen LogP contribution in [0.25, 0.3) is 0 Å². The number of aromatic nitrogens is 2. The highest BCUT2D eigenvalue weighted by Gasteiger charge is 2.37. The number of rotatable bonds is 5. The first-order valence-corrected chi connectivity index (χ1v) is 11.3. The maximum atomic E-state index is 13.7. The molecule has 1 aliphatic carbocycles. The Hall–Kier alpha value is -2.29. The zero-order valence-corrected chi connectivity index (χ0v) is 19.3. The molecule has 2 N–H and O–H groups in total. The van der Waals surface area contributed by atoms with Gasteiger partial charge in [0.2, 0.25) is 5.91 Å². The average molecular weight is 462 g/mol. The van der Waals surface area contributed by atoms with E-state index in [2.05, 4.69) is 28.7 Å². The summed E-state index contributed by atoms with van der Waals surface area (Å²) in [6, 6.07) is 3.85. The van der Waals surface area contributed by atoms with Crippen LogP contribution in [0.3, 0.4) is 0 Å². The summed E-state index contributed by atoms with van der Waals surface area (Å²) in [5, 5.41) is 0.0564. The molecule has 1 aliphatic heterocycles. The van der Waals surface area contributed by atoms with Gasteiger partial charge >= 0.3 is 0 Å². The van der Waals surface area contributed by atoms with E-state index in [-0.39, 0.29) is 29.5 Å². The van der Waals surface area contributed by atoms with Gasteiger partial charge in [-0.05, 0) is 43.4 Å². The van der Waals surface area contributed by atoms with Crippen molar-refractivity contribution < 1.29 is 13.9 Å². The van der Waals surface area contributed by atoms with Gasteiger partial charge in [-0.25, -0.2) is 14.4 Å². The molecular formula is C23H29ClFN5O2. The molecule has 1 fully saturated rings. The summed E-state index contributed by atoms with van der Waals surface area (Å²) >= 11 is 5.74. The molecule has 2 heterocycles. The van der Waals surface area contributed by atoms with Gasteiger partial charge in [0.25, 0.3) is 0 Å². The molecule has 0 spiro atoms. The second kappa shape index (κ2) is 9.29. The Bertz CT molecular complexity index is 1010. The second-order valence-corrected chi connectivity index (χ2v) is 9.15. The van der Waals surface area contributed by atoms with Crippen LogP contribution in [-0.4, -0.2) is 59.6 Å². The minimum atomic E-state index is -0.736. The number of benzene rings is 1. The quantitative estimate of drug-likeness (QED) is 0.736. The number of nitrogens with two attached hydrogens (primary N) is 1. The molecule has 4 atom stereocenters. The number of fused-ring (bicyclic) bond motifs is 1. The van der Waals surface area contributed by atoms with Crippen LogP contribution >= 0.6 is 11.6 Å². The van der Waals surface area contributed by atoms with Gasteiger partial charge in [0.1, 0.15) is 24.1 Å². The molecule has 2 aromatic rings. The van der Waals surface area contributed by atoms with E-state index in [1.54, 1.807) is 24.4 Å². The van der Waals surface area contributed by atoms with Crippen molar-refractivity contribution in [3.05, 3.63) is 52.2 Å². The van der Waals surface area contributed by atoms with E-state index < -0.39 is 11.9 Å². The zero-order valence-electron chi connectivity index (χ0n) is 18.6. The Morgan fingerprint density at radius 3 is 2.81 bits per heavy atom. The second-order valence-electron chi connectivity index (χ2n) is 8.74. The number of amides is 1. The van der Waals surface area contributed by atoms with E-state index >= 15 is 0 Å². The summed E-state index contributed by atoms with van der Waals surface area (Å²) in [6.45, 7) is 6.01. The van der Waals surface area contributed by atoms with Crippen molar-refractivity contribution in [1.82, 2.24) is 14.9 Å². The van der Waals surface area contributed by atoms with Gasteiger partial charge in [0, 0.05) is 38.3 Å². The molecule has 2 aliphatic rings. The Morgan fingerprint density at radius 1 is 1.34 bits per heavy atom. The molecule has 172 valence electrons. The molecule has 0 unspecified atom stereocenters. The number of anilines is 1. The molecule has 32 heavy (non-hydrogen) atoms. The highest BCUT2D eigenvalue weighted by Crippen LogP contribution is 2.44. The van der Waals surface area contributed by atoms with Crippen molar-refractivity contribution in [3.8, 4) is 0 Å². The van der Waals surface area contributed by atoms with Gasteiger partial charge in [-0.15, -0.1) is 0 Å². The zero-order chi connectivity index (χ0) is 23.0. The standard InChI is InChI=1S/C23H29ClFN5O2/c1-13-8-19(32-3)21-20(13)22(28-12-27-21)30-7-6-29(11-14(30)2)23(31)18(26)10-15-4-5-16(24)17(25)9-15/h4-5,9,12-14,18-19H,6-8,10-11,26H2,1-3H3/t13-,14+,18-,19-/m1/s1. The predicted octanol–water partition coefficient (Wildman–Crippen LogP) is 3.07. The van der Waals surface area contributed by atoms with Crippen LogP contribution in [0.5, 0.6) is 0 Å². The van der Waals surface area contributed by atoms with E-state index in [1.165, 1.54) is 12.1 Å². The lowest BCUT2D eigenvalue weighted by Gasteiger charge is -2.42. The topological polar surface area (TPSA) is 84.6 Å². The molecule has 9 heteroatoms. The third-order valence-electron chi connectivity index (χ3n) is 6.51. The van der Waals surface area contributed by atoms with Crippen LogP contribution in [0, 0.1) is 5.82 Å². The number of nitrogens with zero attached hydrogens (tertiary/aromatic N) is 4. The largest absolute Gasteiger partial charge is 0.375 e. The lowest BCUT2D eigenvalue weighted by molar-refractivity contribution is -0.133. The Balaban J connectivity index is 1.44. The SMILES string of the molecule is CO[C@@H]1C[C@@H](C)c2c1ncnc2N1CCN(C(=O)[C@H](N)Cc2ccc(Cl)c(F)c2)C[C@@H]1C. The van der Waals surface area contributed by atoms with Crippen molar-refractivity contribution in [1.29, 1.82) is 0 Å². The first-order valence-electron chi connectivity index (χ1n) is 10.9. The number of methoxy groups -OCH3 is 1. The van der Waals surface area contributed by atoms with Crippen LogP contribution in [0.4, 0.5) is 10.2 Å². The predicted molar refractivity (Wildman–Crippen MR) is 121 cm³/mol. The molecule has 7 nitrogen and oxygen atoms in total. The lowest BCUT2D eigenvalue weighted by Crippen LogP contribution is -2.57. The highest BCUT2D eigenvalue weighted by molar-refractivity contribution is 6.30. The fourth-order valence-corrected chi connectivity index (χ4v) is 4.95. The number of carbonyl (C=O) groups is 1. The maximum Gasteiger partial charge on any atom is 0.239 e. The van der Waals surface area contributed by atoms with Crippen LogP contribution in [-0.2, 0) is 16.0 Å². The smallest absolute Gasteiger partial charge is 0.239 e. The summed E-state index contributed by atoms with van der Waals surface area (Å²) in [5.41, 5.74) is 8.95. The van der Waals surface area contributed by atoms with Crippen molar-refractivity contribution >= 4 is 23.3 Å². The summed E-state index contributed by atoms with van der Waals surface area (Å²) in [5.74, 6) is 0.606. The summed E-state index contributed by atoms with van der Waals surface area (Å²) < 4.78 is 19.3. The molecule has 1 aromatic heterocycles. The molecule has 1 saturated heterocycles. The van der Waals surface area contributed by atoms with Crippen molar-refractivity contribution in [2.75, 3.05) is 31.6 Å². The number of hydrogen-bond acceptors (Lipinski definition) is 6. The minimum Gasteiger partial charge on any atom is -0.375 e. The molecule has 0 bridgehead atoms. The van der Waals surface area contributed by atoms with E-state index in [4.69, 9.17) is 22.1 Å². The first kappa shape index (κ1) is 22.9. The molecule has 1 aromatic carbocycles.